The summed E-state index contributed by atoms with van der Waals surface area (Å²) in [6, 6.07) is 7.68. The molecule has 0 spiro atoms. The number of rotatable bonds is 3. The number of hydrogen-bond donors (Lipinski definition) is 1. The molecule has 20 heavy (non-hydrogen) atoms. The number of nitrogens with zero attached hydrogens (tertiary/aromatic N) is 2. The molecule has 1 aromatic heterocycles. The van der Waals surface area contributed by atoms with Gasteiger partial charge in [-0.25, -0.2) is 4.98 Å². The van der Waals surface area contributed by atoms with Gasteiger partial charge in [0.2, 0.25) is 0 Å². The average Bonchev–Trinajstić information content (AvgIpc) is 2.82. The molecule has 2 aromatic rings. The highest BCUT2D eigenvalue weighted by Gasteiger charge is 2.28. The summed E-state index contributed by atoms with van der Waals surface area (Å²) in [6.07, 6.45) is 3.95. The van der Waals surface area contributed by atoms with E-state index in [2.05, 4.69) is 4.98 Å². The zero-order chi connectivity index (χ0) is 14.1. The Morgan fingerprint density at radius 3 is 3.10 bits per heavy atom. The molecule has 1 unspecified atom stereocenters. The van der Waals surface area contributed by atoms with Crippen molar-refractivity contribution in [3.05, 3.63) is 52.6 Å². The molecule has 1 aliphatic heterocycles. The molecule has 0 saturated carbocycles. The Labute approximate surface area is 122 Å². The van der Waals surface area contributed by atoms with E-state index in [1.807, 2.05) is 28.8 Å². The molecule has 1 aromatic carbocycles. The molecule has 0 radical (unpaired) electrons. The van der Waals surface area contributed by atoms with Crippen LogP contribution in [-0.2, 0) is 17.8 Å². The quantitative estimate of drug-likeness (QED) is 0.945. The number of carbonyl (C=O) groups is 1. The minimum absolute atomic E-state index is 0.427. The Hall–Kier alpha value is -1.81. The average molecular weight is 291 g/mol. The third-order valence-corrected chi connectivity index (χ3v) is 3.99. The summed E-state index contributed by atoms with van der Waals surface area (Å²) in [5.74, 6) is -0.280. The molecule has 4 nitrogen and oxygen atoms in total. The fourth-order valence-electron chi connectivity index (χ4n) is 2.79. The van der Waals surface area contributed by atoms with Gasteiger partial charge in [-0.1, -0.05) is 23.7 Å². The van der Waals surface area contributed by atoms with Gasteiger partial charge >= 0.3 is 5.97 Å². The zero-order valence-electron chi connectivity index (χ0n) is 10.9. The van der Waals surface area contributed by atoms with Gasteiger partial charge in [-0.3, -0.25) is 4.79 Å². The minimum Gasteiger partial charge on any atom is -0.481 e. The van der Waals surface area contributed by atoms with Crippen molar-refractivity contribution in [3.8, 4) is 0 Å². The molecule has 5 heteroatoms. The largest absolute Gasteiger partial charge is 0.481 e. The molecule has 0 saturated heterocycles. The van der Waals surface area contributed by atoms with Gasteiger partial charge in [0.25, 0.3) is 0 Å². The zero-order valence-corrected chi connectivity index (χ0v) is 11.7. The summed E-state index contributed by atoms with van der Waals surface area (Å²) >= 11 is 5.99. The standard InChI is InChI=1S/C15H15ClN2O2/c16-11-4-1-3-10(7-11)8-14-17-9-13-12(15(19)20)5-2-6-18(13)14/h1,3-4,7,9,12H,2,5-6,8H2,(H,19,20). The summed E-state index contributed by atoms with van der Waals surface area (Å²) < 4.78 is 2.04. The van der Waals surface area contributed by atoms with Gasteiger partial charge in [0.05, 0.1) is 11.6 Å². The molecule has 104 valence electrons. The van der Waals surface area contributed by atoms with Crippen LogP contribution in [0.4, 0.5) is 0 Å². The number of imidazole rings is 1. The van der Waals surface area contributed by atoms with Crippen LogP contribution in [0.2, 0.25) is 5.02 Å². The molecule has 3 rings (SSSR count). The van der Waals surface area contributed by atoms with E-state index in [1.165, 1.54) is 0 Å². The highest BCUT2D eigenvalue weighted by atomic mass is 35.5. The maximum atomic E-state index is 11.3. The predicted octanol–water partition coefficient (Wildman–Crippen LogP) is 3.09. The summed E-state index contributed by atoms with van der Waals surface area (Å²) in [5, 5.41) is 9.97. The van der Waals surface area contributed by atoms with Crippen LogP contribution in [0, 0.1) is 0 Å². The molecular formula is C15H15ClN2O2. The first kappa shape index (κ1) is 13.2. The van der Waals surface area contributed by atoms with Gasteiger partial charge in [-0.2, -0.15) is 0 Å². The van der Waals surface area contributed by atoms with Crippen LogP contribution in [0.5, 0.6) is 0 Å². The van der Waals surface area contributed by atoms with Crippen LogP contribution in [0.3, 0.4) is 0 Å². The highest BCUT2D eigenvalue weighted by molar-refractivity contribution is 6.30. The lowest BCUT2D eigenvalue weighted by atomic mass is 9.96. The Kier molecular flexibility index (Phi) is 3.49. The maximum absolute atomic E-state index is 11.3. The molecule has 0 amide bonds. The van der Waals surface area contributed by atoms with Crippen LogP contribution in [0.1, 0.15) is 35.8 Å². The fraction of sp³-hybridized carbons (Fsp3) is 0.333. The van der Waals surface area contributed by atoms with Gasteiger partial charge < -0.3 is 9.67 Å². The molecule has 0 aliphatic carbocycles. The molecule has 1 aliphatic rings. The predicted molar refractivity (Wildman–Crippen MR) is 76.1 cm³/mol. The minimum atomic E-state index is -0.764. The third-order valence-electron chi connectivity index (χ3n) is 3.75. The number of aliphatic carboxylic acids is 1. The number of halogens is 1. The first-order valence-electron chi connectivity index (χ1n) is 6.66. The number of carboxylic acid groups (broad SMARTS) is 1. The fourth-order valence-corrected chi connectivity index (χ4v) is 3.00. The molecule has 1 atom stereocenters. The smallest absolute Gasteiger partial charge is 0.312 e. The van der Waals surface area contributed by atoms with Crippen molar-refractivity contribution >= 4 is 17.6 Å². The van der Waals surface area contributed by atoms with E-state index >= 15 is 0 Å². The number of aromatic nitrogens is 2. The van der Waals surface area contributed by atoms with Crippen molar-refractivity contribution in [2.24, 2.45) is 0 Å². The Bertz CT molecular complexity index is 651. The second kappa shape index (κ2) is 5.29. The Morgan fingerprint density at radius 2 is 2.35 bits per heavy atom. The van der Waals surface area contributed by atoms with Gasteiger partial charge in [0, 0.05) is 24.2 Å². The van der Waals surface area contributed by atoms with E-state index in [9.17, 15) is 9.90 Å². The van der Waals surface area contributed by atoms with Crippen LogP contribution < -0.4 is 0 Å². The SMILES string of the molecule is O=C(O)C1CCCn2c1cnc2Cc1cccc(Cl)c1. The topological polar surface area (TPSA) is 55.1 Å². The molecule has 0 bridgehead atoms. The first-order chi connectivity index (χ1) is 9.65. The number of fused-ring (bicyclic) bond motifs is 1. The second-order valence-electron chi connectivity index (χ2n) is 5.09. The van der Waals surface area contributed by atoms with Crippen LogP contribution >= 0.6 is 11.6 Å². The summed E-state index contributed by atoms with van der Waals surface area (Å²) in [5.41, 5.74) is 1.91. The van der Waals surface area contributed by atoms with Gasteiger partial charge in [-0.05, 0) is 30.5 Å². The monoisotopic (exact) mass is 290 g/mol. The van der Waals surface area contributed by atoms with Crippen LogP contribution in [0.25, 0.3) is 0 Å². The maximum Gasteiger partial charge on any atom is 0.312 e. The van der Waals surface area contributed by atoms with E-state index in [-0.39, 0.29) is 0 Å². The molecule has 1 N–H and O–H groups in total. The molecule has 2 heterocycles. The summed E-state index contributed by atoms with van der Waals surface area (Å²) in [4.78, 5) is 15.7. The Morgan fingerprint density at radius 1 is 1.50 bits per heavy atom. The highest BCUT2D eigenvalue weighted by Crippen LogP contribution is 2.29. The summed E-state index contributed by atoms with van der Waals surface area (Å²) in [6.45, 7) is 0.842. The van der Waals surface area contributed by atoms with Crippen molar-refractivity contribution in [2.75, 3.05) is 0 Å². The lowest BCUT2D eigenvalue weighted by Crippen LogP contribution is -2.22. The van der Waals surface area contributed by atoms with Gasteiger partial charge in [-0.15, -0.1) is 0 Å². The van der Waals surface area contributed by atoms with Gasteiger partial charge in [0.1, 0.15) is 5.82 Å². The van der Waals surface area contributed by atoms with Crippen molar-refractivity contribution in [1.82, 2.24) is 9.55 Å². The second-order valence-corrected chi connectivity index (χ2v) is 5.53. The molecule has 0 fully saturated rings. The first-order valence-corrected chi connectivity index (χ1v) is 7.04. The van der Waals surface area contributed by atoms with E-state index in [0.717, 1.165) is 30.0 Å². The van der Waals surface area contributed by atoms with E-state index < -0.39 is 11.9 Å². The van der Waals surface area contributed by atoms with E-state index in [0.29, 0.717) is 17.9 Å². The summed E-state index contributed by atoms with van der Waals surface area (Å²) in [7, 11) is 0. The van der Waals surface area contributed by atoms with E-state index in [4.69, 9.17) is 11.6 Å². The Balaban J connectivity index is 1.91. The number of benzene rings is 1. The number of carboxylic acids is 1. The normalized spacial score (nSPS) is 17.8. The van der Waals surface area contributed by atoms with Crippen molar-refractivity contribution in [2.45, 2.75) is 31.7 Å². The number of hydrogen-bond acceptors (Lipinski definition) is 2. The van der Waals surface area contributed by atoms with Crippen molar-refractivity contribution < 1.29 is 9.90 Å². The van der Waals surface area contributed by atoms with Crippen LogP contribution in [0.15, 0.2) is 30.5 Å². The van der Waals surface area contributed by atoms with Crippen LogP contribution in [-0.4, -0.2) is 20.6 Å². The lowest BCUT2D eigenvalue weighted by molar-refractivity contribution is -0.139. The molecular weight excluding hydrogens is 276 g/mol. The van der Waals surface area contributed by atoms with Gasteiger partial charge in [0.15, 0.2) is 0 Å². The van der Waals surface area contributed by atoms with E-state index in [1.54, 1.807) is 6.20 Å². The third kappa shape index (κ3) is 2.43. The van der Waals surface area contributed by atoms with Crippen molar-refractivity contribution in [3.63, 3.8) is 0 Å². The van der Waals surface area contributed by atoms with Crippen molar-refractivity contribution in [1.29, 1.82) is 0 Å². The lowest BCUT2D eigenvalue weighted by Gasteiger charge is -2.22.